The molecule has 0 aromatic carbocycles. The molecule has 0 heterocycles. The first-order valence-electron chi connectivity index (χ1n) is 23.6. The van der Waals surface area contributed by atoms with Crippen LogP contribution in [-0.4, -0.2) is 65.7 Å². The van der Waals surface area contributed by atoms with Crippen LogP contribution in [0.4, 0.5) is 0 Å². The summed E-state index contributed by atoms with van der Waals surface area (Å²) in [6, 6.07) is 0. The highest BCUT2D eigenvalue weighted by atomic mass is 31.2. The van der Waals surface area contributed by atoms with Gasteiger partial charge in [0.1, 0.15) is 12.7 Å². The quantitative estimate of drug-likeness (QED) is 0.0234. The van der Waals surface area contributed by atoms with Crippen LogP contribution in [0.3, 0.4) is 0 Å². The SMILES string of the molecule is CCCCCCCCC/C=C\CCCCCCCC(=O)OC[C@H](COP(=O)(O)OC[C@@H](O)CO)OC(=O)CCCCCCCCCCCCCCCCCCCC. The fraction of sp³-hybridized carbons (Fsp3) is 0.913. The van der Waals surface area contributed by atoms with Crippen molar-refractivity contribution in [3.8, 4) is 0 Å². The third-order valence-electron chi connectivity index (χ3n) is 10.4. The van der Waals surface area contributed by atoms with E-state index >= 15 is 0 Å². The van der Waals surface area contributed by atoms with Gasteiger partial charge in [0.2, 0.25) is 0 Å². The molecule has 57 heavy (non-hydrogen) atoms. The summed E-state index contributed by atoms with van der Waals surface area (Å²) < 4.78 is 32.8. The van der Waals surface area contributed by atoms with Crippen molar-refractivity contribution < 1.29 is 47.8 Å². The summed E-state index contributed by atoms with van der Waals surface area (Å²) in [4.78, 5) is 35.1. The molecule has 0 rings (SSSR count). The summed E-state index contributed by atoms with van der Waals surface area (Å²) in [6.45, 7) is 2.41. The number of carbonyl (C=O) groups is 2. The third-order valence-corrected chi connectivity index (χ3v) is 11.4. The van der Waals surface area contributed by atoms with E-state index in [1.807, 2.05) is 0 Å². The number of aliphatic hydroxyl groups is 2. The molecule has 0 saturated heterocycles. The number of phosphoric ester groups is 1. The number of hydrogen-bond donors (Lipinski definition) is 3. The summed E-state index contributed by atoms with van der Waals surface area (Å²) in [5, 5.41) is 18.4. The van der Waals surface area contributed by atoms with Crippen LogP contribution in [0.5, 0.6) is 0 Å². The summed E-state index contributed by atoms with van der Waals surface area (Å²) in [5.74, 6) is -0.921. The highest BCUT2D eigenvalue weighted by Gasteiger charge is 2.27. The first-order valence-corrected chi connectivity index (χ1v) is 25.1. The summed E-state index contributed by atoms with van der Waals surface area (Å²) in [5.41, 5.74) is 0. The van der Waals surface area contributed by atoms with Gasteiger partial charge in [-0.15, -0.1) is 0 Å². The lowest BCUT2D eigenvalue weighted by Crippen LogP contribution is -2.29. The van der Waals surface area contributed by atoms with E-state index in [0.717, 1.165) is 51.4 Å². The van der Waals surface area contributed by atoms with Gasteiger partial charge in [0, 0.05) is 12.8 Å². The highest BCUT2D eigenvalue weighted by Crippen LogP contribution is 2.43. The Morgan fingerprint density at radius 1 is 0.509 bits per heavy atom. The molecule has 1 unspecified atom stereocenters. The Bertz CT molecular complexity index is 961. The van der Waals surface area contributed by atoms with Crippen LogP contribution in [0.2, 0.25) is 0 Å². The van der Waals surface area contributed by atoms with Crippen LogP contribution in [0.25, 0.3) is 0 Å². The van der Waals surface area contributed by atoms with Crippen molar-refractivity contribution >= 4 is 19.8 Å². The van der Waals surface area contributed by atoms with E-state index in [2.05, 4.69) is 26.0 Å². The zero-order valence-electron chi connectivity index (χ0n) is 36.8. The predicted octanol–water partition coefficient (Wildman–Crippen LogP) is 12.8. The van der Waals surface area contributed by atoms with Crippen molar-refractivity contribution in [2.45, 2.75) is 244 Å². The normalized spacial score (nSPS) is 13.8. The van der Waals surface area contributed by atoms with Gasteiger partial charge in [-0.25, -0.2) is 4.57 Å². The Morgan fingerprint density at radius 2 is 0.860 bits per heavy atom. The maximum atomic E-state index is 12.6. The number of aliphatic hydroxyl groups excluding tert-OH is 2. The average molecular weight is 833 g/mol. The van der Waals surface area contributed by atoms with Gasteiger partial charge < -0.3 is 24.6 Å². The summed E-state index contributed by atoms with van der Waals surface area (Å²) in [6.07, 6.45) is 41.7. The second kappa shape index (κ2) is 42.8. The lowest BCUT2D eigenvalue weighted by atomic mass is 10.0. The number of carbonyl (C=O) groups excluding carboxylic acids is 2. The fourth-order valence-corrected chi connectivity index (χ4v) is 7.54. The molecule has 0 spiro atoms. The minimum atomic E-state index is -4.62. The van der Waals surface area contributed by atoms with E-state index in [0.29, 0.717) is 12.8 Å². The third kappa shape index (κ3) is 42.6. The van der Waals surface area contributed by atoms with E-state index < -0.39 is 51.8 Å². The van der Waals surface area contributed by atoms with Crippen molar-refractivity contribution in [2.75, 3.05) is 26.4 Å². The zero-order valence-corrected chi connectivity index (χ0v) is 37.7. The Balaban J connectivity index is 4.22. The van der Waals surface area contributed by atoms with Gasteiger partial charge in [-0.2, -0.15) is 0 Å². The molecule has 0 aromatic heterocycles. The molecule has 0 saturated carbocycles. The number of phosphoric acid groups is 1. The Morgan fingerprint density at radius 3 is 1.26 bits per heavy atom. The van der Waals surface area contributed by atoms with Crippen LogP contribution in [0, 0.1) is 0 Å². The second-order valence-electron chi connectivity index (χ2n) is 16.1. The number of ether oxygens (including phenoxy) is 2. The highest BCUT2D eigenvalue weighted by molar-refractivity contribution is 7.47. The van der Waals surface area contributed by atoms with E-state index in [1.54, 1.807) is 0 Å². The van der Waals surface area contributed by atoms with E-state index in [4.69, 9.17) is 23.6 Å². The molecule has 0 amide bonds. The van der Waals surface area contributed by atoms with E-state index in [9.17, 15) is 24.2 Å². The smallest absolute Gasteiger partial charge is 0.462 e. The number of allylic oxidation sites excluding steroid dienone is 2. The molecule has 0 aliphatic rings. The molecule has 338 valence electrons. The number of unbranched alkanes of at least 4 members (excludes halogenated alkanes) is 29. The maximum Gasteiger partial charge on any atom is 0.472 e. The molecule has 0 aliphatic heterocycles. The van der Waals surface area contributed by atoms with Crippen molar-refractivity contribution in [3.63, 3.8) is 0 Å². The standard InChI is InChI=1S/C46H89O10P/c1-3-5-7-9-11-13-15-17-19-21-22-24-26-28-30-32-34-36-38-46(50)56-44(42-55-57(51,52)54-40-43(48)39-47)41-53-45(49)37-35-33-31-29-27-25-23-20-18-16-14-12-10-8-6-4-2/h20,23,43-44,47-48H,3-19,21-22,24-42H2,1-2H3,(H,51,52)/b23-20-/t43-,44+/m0/s1. The molecule has 0 aromatic rings. The second-order valence-corrected chi connectivity index (χ2v) is 17.6. The van der Waals surface area contributed by atoms with Gasteiger partial charge in [-0.3, -0.25) is 18.6 Å². The first-order chi connectivity index (χ1) is 27.7. The van der Waals surface area contributed by atoms with Gasteiger partial charge in [0.05, 0.1) is 19.8 Å². The Kier molecular flexibility index (Phi) is 41.9. The van der Waals surface area contributed by atoms with Gasteiger partial charge in [-0.05, 0) is 38.5 Å². The predicted molar refractivity (Wildman–Crippen MR) is 233 cm³/mol. The molecule has 0 radical (unpaired) electrons. The molecular formula is C46H89O10P. The van der Waals surface area contributed by atoms with Gasteiger partial charge in [-0.1, -0.05) is 193 Å². The average Bonchev–Trinajstić information content (AvgIpc) is 3.20. The molecule has 0 aliphatic carbocycles. The Hall–Kier alpha value is -1.29. The summed E-state index contributed by atoms with van der Waals surface area (Å²) in [7, 11) is -4.62. The molecule has 10 nitrogen and oxygen atoms in total. The molecule has 0 bridgehead atoms. The van der Waals surface area contributed by atoms with Gasteiger partial charge >= 0.3 is 19.8 Å². The monoisotopic (exact) mass is 833 g/mol. The van der Waals surface area contributed by atoms with Crippen LogP contribution >= 0.6 is 7.82 Å². The fourth-order valence-electron chi connectivity index (χ4n) is 6.75. The lowest BCUT2D eigenvalue weighted by Gasteiger charge is -2.20. The maximum absolute atomic E-state index is 12.6. The Labute approximate surface area is 349 Å². The van der Waals surface area contributed by atoms with Crippen LogP contribution < -0.4 is 0 Å². The lowest BCUT2D eigenvalue weighted by molar-refractivity contribution is -0.161. The minimum absolute atomic E-state index is 0.189. The van der Waals surface area contributed by atoms with Crippen LogP contribution in [-0.2, 0) is 32.7 Å². The van der Waals surface area contributed by atoms with Crippen molar-refractivity contribution in [3.05, 3.63) is 12.2 Å². The molecule has 3 N–H and O–H groups in total. The first kappa shape index (κ1) is 55.7. The van der Waals surface area contributed by atoms with E-state index in [-0.39, 0.29) is 19.4 Å². The number of esters is 2. The largest absolute Gasteiger partial charge is 0.472 e. The molecule has 0 fully saturated rings. The molecular weight excluding hydrogens is 743 g/mol. The summed E-state index contributed by atoms with van der Waals surface area (Å²) >= 11 is 0. The van der Waals surface area contributed by atoms with Gasteiger partial charge in [0.15, 0.2) is 6.10 Å². The van der Waals surface area contributed by atoms with Crippen molar-refractivity contribution in [1.29, 1.82) is 0 Å². The van der Waals surface area contributed by atoms with Crippen molar-refractivity contribution in [1.82, 2.24) is 0 Å². The van der Waals surface area contributed by atoms with E-state index in [1.165, 1.54) is 141 Å². The van der Waals surface area contributed by atoms with Crippen molar-refractivity contribution in [2.24, 2.45) is 0 Å². The van der Waals surface area contributed by atoms with Crippen LogP contribution in [0.1, 0.15) is 232 Å². The van der Waals surface area contributed by atoms with Gasteiger partial charge in [0.25, 0.3) is 0 Å². The topological polar surface area (TPSA) is 149 Å². The molecule has 3 atom stereocenters. The number of rotatable bonds is 45. The van der Waals surface area contributed by atoms with Crippen LogP contribution in [0.15, 0.2) is 12.2 Å². The minimum Gasteiger partial charge on any atom is -0.462 e. The number of hydrogen-bond acceptors (Lipinski definition) is 9. The molecule has 11 heteroatoms. The zero-order chi connectivity index (χ0) is 41.9.